The second-order valence-electron chi connectivity index (χ2n) is 12.0. The van der Waals surface area contributed by atoms with Gasteiger partial charge in [-0.3, -0.25) is 0 Å². The zero-order chi connectivity index (χ0) is 33.0. The van der Waals surface area contributed by atoms with Gasteiger partial charge in [0, 0.05) is 38.6 Å². The number of aromatic nitrogens is 5. The van der Waals surface area contributed by atoms with E-state index in [1.807, 2.05) is 146 Å². The van der Waals surface area contributed by atoms with E-state index in [2.05, 4.69) is 6.07 Å². The van der Waals surface area contributed by atoms with Crippen molar-refractivity contribution in [3.05, 3.63) is 152 Å². The summed E-state index contributed by atoms with van der Waals surface area (Å²) in [5.41, 5.74) is 8.59. The maximum absolute atomic E-state index is 6.65. The third-order valence-electron chi connectivity index (χ3n) is 8.97. The standard InChI is InChI=1S/C43H25N5O2/c1-4-14-26(15-5-1)37-39-38(45-42(44-37)30-21-12-24-33-35(30)29-20-10-11-23-32(29)49-33)36-31(22-13-25-34(36)50-39)43-47-40(27-16-6-2-7-17-27)46-41(48-43)28-18-8-3-9-19-28/h1-25H. The van der Waals surface area contributed by atoms with Gasteiger partial charge in [0.25, 0.3) is 0 Å². The van der Waals surface area contributed by atoms with Gasteiger partial charge < -0.3 is 8.83 Å². The van der Waals surface area contributed by atoms with Crippen LogP contribution in [-0.4, -0.2) is 24.9 Å². The van der Waals surface area contributed by atoms with Crippen molar-refractivity contribution in [3.63, 3.8) is 0 Å². The van der Waals surface area contributed by atoms with Crippen LogP contribution in [0.3, 0.4) is 0 Å². The van der Waals surface area contributed by atoms with E-state index < -0.39 is 0 Å². The molecule has 4 heterocycles. The number of furan rings is 2. The Balaban J connectivity index is 1.28. The van der Waals surface area contributed by atoms with E-state index in [0.29, 0.717) is 45.7 Å². The molecular weight excluding hydrogens is 619 g/mol. The molecule has 10 rings (SSSR count). The summed E-state index contributed by atoms with van der Waals surface area (Å²) < 4.78 is 12.9. The number of nitrogens with zero attached hydrogens (tertiary/aromatic N) is 5. The Hall–Kier alpha value is -6.99. The Morgan fingerprint density at radius 2 is 0.840 bits per heavy atom. The van der Waals surface area contributed by atoms with Crippen molar-refractivity contribution in [2.45, 2.75) is 0 Å². The summed E-state index contributed by atoms with van der Waals surface area (Å²) in [5.74, 6) is 2.25. The number of hydrogen-bond acceptors (Lipinski definition) is 7. The van der Waals surface area contributed by atoms with E-state index in [-0.39, 0.29) is 0 Å². The van der Waals surface area contributed by atoms with E-state index in [9.17, 15) is 0 Å². The van der Waals surface area contributed by atoms with Crippen molar-refractivity contribution >= 4 is 44.0 Å². The lowest BCUT2D eigenvalue weighted by atomic mass is 10.0. The molecule has 0 atom stereocenters. The fourth-order valence-corrected chi connectivity index (χ4v) is 6.68. The summed E-state index contributed by atoms with van der Waals surface area (Å²) in [6.07, 6.45) is 0. The molecule has 6 aromatic carbocycles. The fourth-order valence-electron chi connectivity index (χ4n) is 6.68. The van der Waals surface area contributed by atoms with Crippen LogP contribution in [0.25, 0.3) is 101 Å². The molecule has 7 heteroatoms. The highest BCUT2D eigenvalue weighted by Crippen LogP contribution is 2.42. The van der Waals surface area contributed by atoms with Crippen LogP contribution in [0, 0.1) is 0 Å². The predicted octanol–water partition coefficient (Wildman–Crippen LogP) is 10.8. The van der Waals surface area contributed by atoms with Gasteiger partial charge in [-0.2, -0.15) is 0 Å². The fraction of sp³-hybridized carbons (Fsp3) is 0. The molecule has 0 bridgehead atoms. The summed E-state index contributed by atoms with van der Waals surface area (Å²) in [6, 6.07) is 50.0. The molecule has 0 radical (unpaired) electrons. The maximum atomic E-state index is 6.65. The molecule has 10 aromatic rings. The van der Waals surface area contributed by atoms with Crippen LogP contribution in [0.4, 0.5) is 0 Å². The highest BCUT2D eigenvalue weighted by Gasteiger charge is 2.24. The first kappa shape index (κ1) is 28.1. The molecule has 7 nitrogen and oxygen atoms in total. The third kappa shape index (κ3) is 4.56. The first-order chi connectivity index (χ1) is 24.8. The van der Waals surface area contributed by atoms with E-state index in [1.165, 1.54) is 0 Å². The quantitative estimate of drug-likeness (QED) is 0.184. The second-order valence-corrected chi connectivity index (χ2v) is 12.0. The van der Waals surface area contributed by atoms with Gasteiger partial charge in [-0.15, -0.1) is 0 Å². The van der Waals surface area contributed by atoms with Crippen LogP contribution in [-0.2, 0) is 0 Å². The molecule has 234 valence electrons. The van der Waals surface area contributed by atoms with Gasteiger partial charge in [0.2, 0.25) is 0 Å². The lowest BCUT2D eigenvalue weighted by Crippen LogP contribution is -2.00. The lowest BCUT2D eigenvalue weighted by Gasteiger charge is -2.09. The first-order valence-electron chi connectivity index (χ1n) is 16.3. The molecular formula is C43H25N5O2. The van der Waals surface area contributed by atoms with Crippen molar-refractivity contribution in [2.24, 2.45) is 0 Å². The molecule has 0 fully saturated rings. The van der Waals surface area contributed by atoms with Crippen molar-refractivity contribution in [3.8, 4) is 56.8 Å². The number of hydrogen-bond donors (Lipinski definition) is 0. The zero-order valence-electron chi connectivity index (χ0n) is 26.5. The molecule has 50 heavy (non-hydrogen) atoms. The molecule has 0 aliphatic rings. The minimum absolute atomic E-state index is 0.523. The summed E-state index contributed by atoms with van der Waals surface area (Å²) in [7, 11) is 0. The van der Waals surface area contributed by atoms with Crippen molar-refractivity contribution in [2.75, 3.05) is 0 Å². The Morgan fingerprint density at radius 1 is 0.340 bits per heavy atom. The van der Waals surface area contributed by atoms with E-state index in [4.69, 9.17) is 33.8 Å². The van der Waals surface area contributed by atoms with Crippen molar-refractivity contribution < 1.29 is 8.83 Å². The third-order valence-corrected chi connectivity index (χ3v) is 8.97. The molecule has 0 saturated carbocycles. The minimum atomic E-state index is 0.523. The lowest BCUT2D eigenvalue weighted by molar-refractivity contribution is 0.667. The average molecular weight is 644 g/mol. The molecule has 0 spiro atoms. The summed E-state index contributed by atoms with van der Waals surface area (Å²) in [5, 5.41) is 2.77. The van der Waals surface area contributed by atoms with Crippen LogP contribution in [0.15, 0.2) is 160 Å². The molecule has 0 saturated heterocycles. The van der Waals surface area contributed by atoms with Crippen molar-refractivity contribution in [1.29, 1.82) is 0 Å². The predicted molar refractivity (Wildman–Crippen MR) is 197 cm³/mol. The van der Waals surface area contributed by atoms with Crippen LogP contribution < -0.4 is 0 Å². The van der Waals surface area contributed by atoms with Crippen LogP contribution in [0.2, 0.25) is 0 Å². The van der Waals surface area contributed by atoms with Gasteiger partial charge in [0.05, 0.1) is 5.39 Å². The number of rotatable bonds is 5. The number of para-hydroxylation sites is 1. The number of fused-ring (bicyclic) bond motifs is 6. The first-order valence-corrected chi connectivity index (χ1v) is 16.3. The van der Waals surface area contributed by atoms with Crippen LogP contribution in [0.1, 0.15) is 0 Å². The minimum Gasteiger partial charge on any atom is -0.456 e. The van der Waals surface area contributed by atoms with Crippen LogP contribution in [0.5, 0.6) is 0 Å². The Bertz CT molecular complexity index is 2810. The summed E-state index contributed by atoms with van der Waals surface area (Å²) >= 11 is 0. The summed E-state index contributed by atoms with van der Waals surface area (Å²) in [4.78, 5) is 25.5. The molecule has 0 aliphatic heterocycles. The highest BCUT2D eigenvalue weighted by molar-refractivity contribution is 6.15. The Morgan fingerprint density at radius 3 is 1.50 bits per heavy atom. The second kappa shape index (κ2) is 11.3. The molecule has 0 N–H and O–H groups in total. The highest BCUT2D eigenvalue weighted by atomic mass is 16.3. The van der Waals surface area contributed by atoms with Gasteiger partial charge in [0.15, 0.2) is 28.9 Å². The molecule has 0 unspecified atom stereocenters. The maximum Gasteiger partial charge on any atom is 0.180 e. The van der Waals surface area contributed by atoms with Gasteiger partial charge in [-0.25, -0.2) is 24.9 Å². The van der Waals surface area contributed by atoms with E-state index >= 15 is 0 Å². The smallest absolute Gasteiger partial charge is 0.180 e. The SMILES string of the molecule is c1ccc(-c2nc(-c3ccccc3)nc(-c3cccc4oc5c(-c6ccccc6)nc(-c6cccc7oc8ccccc8c67)nc5c34)n2)cc1. The number of benzene rings is 6. The average Bonchev–Trinajstić information content (AvgIpc) is 3.77. The van der Waals surface area contributed by atoms with Gasteiger partial charge in [-0.05, 0) is 18.2 Å². The van der Waals surface area contributed by atoms with Crippen molar-refractivity contribution in [1.82, 2.24) is 24.9 Å². The van der Waals surface area contributed by atoms with Gasteiger partial charge in [-0.1, -0.05) is 133 Å². The monoisotopic (exact) mass is 643 g/mol. The van der Waals surface area contributed by atoms with Gasteiger partial charge >= 0.3 is 0 Å². The zero-order valence-corrected chi connectivity index (χ0v) is 26.5. The largest absolute Gasteiger partial charge is 0.456 e. The normalized spacial score (nSPS) is 11.6. The van der Waals surface area contributed by atoms with E-state index in [1.54, 1.807) is 0 Å². The van der Waals surface area contributed by atoms with E-state index in [0.717, 1.165) is 55.1 Å². The summed E-state index contributed by atoms with van der Waals surface area (Å²) in [6.45, 7) is 0. The topological polar surface area (TPSA) is 90.7 Å². The van der Waals surface area contributed by atoms with Crippen LogP contribution >= 0.6 is 0 Å². The molecule has 0 aliphatic carbocycles. The Labute approximate surface area is 285 Å². The Kier molecular flexibility index (Phi) is 6.35. The molecule has 0 amide bonds. The van der Waals surface area contributed by atoms with Gasteiger partial charge in [0.1, 0.15) is 28.0 Å². The molecule has 4 aromatic heterocycles.